The summed E-state index contributed by atoms with van der Waals surface area (Å²) in [6, 6.07) is 5.11. The Morgan fingerprint density at radius 2 is 1.90 bits per heavy atom. The SMILES string of the molecule is O=P(O)(O)CP(=O)(O)OC[C@H]1O[C@@H](n2cnc3c(N4CC5(Cc6cccc(F)c6C5)C4)nc(Cl)nc32)C(O)C1O. The molecular formula is C22H25ClFN5O9P2. The number of aliphatic hydroxyl groups excluding tert-OH is 2. The van der Waals surface area contributed by atoms with Crippen molar-refractivity contribution in [3.05, 3.63) is 46.8 Å². The van der Waals surface area contributed by atoms with Crippen molar-refractivity contribution >= 4 is 43.8 Å². The fraction of sp³-hybridized carbons (Fsp3) is 0.500. The lowest BCUT2D eigenvalue weighted by Gasteiger charge is -2.49. The molecule has 2 saturated heterocycles. The second-order valence-electron chi connectivity index (χ2n) is 10.5. The molecule has 1 spiro atoms. The van der Waals surface area contributed by atoms with Crippen LogP contribution >= 0.6 is 26.8 Å². The lowest BCUT2D eigenvalue weighted by Crippen LogP contribution is -2.57. The van der Waals surface area contributed by atoms with Crippen molar-refractivity contribution in [3.8, 4) is 0 Å². The summed E-state index contributed by atoms with van der Waals surface area (Å²) in [4.78, 5) is 42.5. The molecule has 0 radical (unpaired) electrons. The van der Waals surface area contributed by atoms with Gasteiger partial charge in [-0.15, -0.1) is 0 Å². The van der Waals surface area contributed by atoms with Crippen LogP contribution in [0.4, 0.5) is 10.2 Å². The number of ether oxygens (including phenoxy) is 1. The summed E-state index contributed by atoms with van der Waals surface area (Å²) in [6.07, 6.45) is -3.00. The van der Waals surface area contributed by atoms with Gasteiger partial charge in [0.25, 0.3) is 0 Å². The van der Waals surface area contributed by atoms with E-state index in [9.17, 15) is 28.6 Å². The second kappa shape index (κ2) is 9.77. The minimum atomic E-state index is -4.85. The Morgan fingerprint density at radius 3 is 2.60 bits per heavy atom. The van der Waals surface area contributed by atoms with Crippen LogP contribution in [0.1, 0.15) is 17.4 Å². The molecule has 2 aromatic heterocycles. The third kappa shape index (κ3) is 5.09. The van der Waals surface area contributed by atoms with Gasteiger partial charge < -0.3 is 39.1 Å². The van der Waals surface area contributed by atoms with Crippen molar-refractivity contribution in [1.29, 1.82) is 0 Å². The normalized spacial score (nSPS) is 27.2. The van der Waals surface area contributed by atoms with Crippen molar-refractivity contribution in [2.24, 2.45) is 5.41 Å². The van der Waals surface area contributed by atoms with E-state index < -0.39 is 52.2 Å². The number of anilines is 1. The molecule has 5 atom stereocenters. The van der Waals surface area contributed by atoms with Gasteiger partial charge in [-0.3, -0.25) is 13.7 Å². The molecule has 18 heteroatoms. The van der Waals surface area contributed by atoms with Crippen molar-refractivity contribution < 1.29 is 47.7 Å². The maximum Gasteiger partial charge on any atom is 0.340 e. The summed E-state index contributed by atoms with van der Waals surface area (Å²) < 4.78 is 49.1. The van der Waals surface area contributed by atoms with Gasteiger partial charge in [-0.2, -0.15) is 9.97 Å². The van der Waals surface area contributed by atoms with Crippen LogP contribution in [0.25, 0.3) is 11.2 Å². The first-order chi connectivity index (χ1) is 18.7. The van der Waals surface area contributed by atoms with Crippen LogP contribution in [0.15, 0.2) is 24.5 Å². The van der Waals surface area contributed by atoms with Gasteiger partial charge in [-0.1, -0.05) is 12.1 Å². The van der Waals surface area contributed by atoms with Gasteiger partial charge in [0.1, 0.15) is 24.1 Å². The average Bonchev–Trinajstić information content (AvgIpc) is 3.50. The predicted molar refractivity (Wildman–Crippen MR) is 137 cm³/mol. The Balaban J connectivity index is 1.20. The molecule has 0 amide bonds. The second-order valence-corrected chi connectivity index (χ2v) is 14.8. The van der Waals surface area contributed by atoms with Gasteiger partial charge in [0.15, 0.2) is 29.1 Å². The fourth-order valence-electron chi connectivity index (χ4n) is 5.79. The Kier molecular flexibility index (Phi) is 6.87. The molecule has 2 fully saturated rings. The van der Waals surface area contributed by atoms with Crippen LogP contribution in [-0.4, -0.2) is 88.3 Å². The highest BCUT2D eigenvalue weighted by Crippen LogP contribution is 2.55. The molecule has 3 aromatic rings. The largest absolute Gasteiger partial charge is 0.387 e. The summed E-state index contributed by atoms with van der Waals surface area (Å²) in [5.41, 5.74) is 2.15. The minimum absolute atomic E-state index is 0.0995. The molecule has 0 bridgehead atoms. The molecule has 40 heavy (non-hydrogen) atoms. The summed E-state index contributed by atoms with van der Waals surface area (Å²) in [7, 11) is -9.55. The van der Waals surface area contributed by atoms with Gasteiger partial charge in [-0.05, 0) is 41.6 Å². The summed E-state index contributed by atoms with van der Waals surface area (Å²) in [6.45, 7) is 0.453. The highest BCUT2D eigenvalue weighted by molar-refractivity contribution is 7.70. The number of hydrogen-bond donors (Lipinski definition) is 5. The number of halogens is 2. The first-order valence-electron chi connectivity index (χ1n) is 12.2. The van der Waals surface area contributed by atoms with Crippen LogP contribution < -0.4 is 4.90 Å². The molecule has 5 N–H and O–H groups in total. The predicted octanol–water partition coefficient (Wildman–Crippen LogP) is 1.18. The zero-order valence-corrected chi connectivity index (χ0v) is 23.2. The molecule has 1 aliphatic carbocycles. The van der Waals surface area contributed by atoms with Crippen molar-refractivity contribution in [3.63, 3.8) is 0 Å². The highest BCUT2D eigenvalue weighted by atomic mass is 35.5. The Morgan fingerprint density at radius 1 is 1.15 bits per heavy atom. The third-order valence-electron chi connectivity index (χ3n) is 7.48. The number of nitrogens with zero attached hydrogens (tertiary/aromatic N) is 5. The van der Waals surface area contributed by atoms with Crippen LogP contribution in [0.5, 0.6) is 0 Å². The van der Waals surface area contributed by atoms with E-state index in [1.54, 1.807) is 6.07 Å². The van der Waals surface area contributed by atoms with E-state index in [-0.39, 0.29) is 22.2 Å². The number of aliphatic hydroxyl groups is 2. The third-order valence-corrected chi connectivity index (χ3v) is 11.1. The number of imidazole rings is 1. The molecular weight excluding hydrogens is 595 g/mol. The first kappa shape index (κ1) is 28.1. The molecule has 2 aliphatic heterocycles. The molecule has 6 rings (SSSR count). The van der Waals surface area contributed by atoms with Gasteiger partial charge in [0.05, 0.1) is 12.9 Å². The lowest BCUT2D eigenvalue weighted by molar-refractivity contribution is -0.0483. The van der Waals surface area contributed by atoms with Gasteiger partial charge >= 0.3 is 15.2 Å². The standard InChI is InChI=1S/C22H25ClFN5O9P2/c23-21-26-18(28-7-22(8-28)4-11-2-1-3-13(24)12(11)5-22)15-19(27-21)29(9-25-15)20-17(31)16(30)14(38-20)6-37-40(35,36)10-39(32,33)34/h1-3,9,14,16-17,20,30-31H,4-8,10H2,(H,35,36)(H2,32,33,34)/t14-,16?,17?,20-/m1/s1. The average molecular weight is 620 g/mol. The highest BCUT2D eigenvalue weighted by Gasteiger charge is 2.49. The minimum Gasteiger partial charge on any atom is -0.387 e. The summed E-state index contributed by atoms with van der Waals surface area (Å²) in [5, 5.41) is 21.1. The topological polar surface area (TPSA) is 201 Å². The Bertz CT molecular complexity index is 1580. The fourth-order valence-corrected chi connectivity index (χ4v) is 8.52. The van der Waals surface area contributed by atoms with Gasteiger partial charge in [0.2, 0.25) is 5.28 Å². The van der Waals surface area contributed by atoms with E-state index in [0.717, 1.165) is 17.5 Å². The molecule has 1 aromatic carbocycles. The first-order valence-corrected chi connectivity index (χ1v) is 16.1. The maximum absolute atomic E-state index is 14.3. The quantitative estimate of drug-likeness (QED) is 0.187. The van der Waals surface area contributed by atoms with Gasteiger partial charge in [-0.25, -0.2) is 9.37 Å². The number of aromatic nitrogens is 4. The van der Waals surface area contributed by atoms with E-state index >= 15 is 0 Å². The van der Waals surface area contributed by atoms with E-state index in [0.29, 0.717) is 30.8 Å². The van der Waals surface area contributed by atoms with Gasteiger partial charge in [0, 0.05) is 18.5 Å². The van der Waals surface area contributed by atoms with Crippen molar-refractivity contribution in [2.45, 2.75) is 37.4 Å². The smallest absolute Gasteiger partial charge is 0.340 e. The molecule has 0 saturated carbocycles. The number of benzene rings is 1. The monoisotopic (exact) mass is 619 g/mol. The van der Waals surface area contributed by atoms with E-state index in [4.69, 9.17) is 30.6 Å². The molecule has 3 aliphatic rings. The van der Waals surface area contributed by atoms with Crippen molar-refractivity contribution in [1.82, 2.24) is 19.5 Å². The molecule has 216 valence electrons. The van der Waals surface area contributed by atoms with Crippen molar-refractivity contribution in [2.75, 3.05) is 30.5 Å². The Labute approximate surface area is 231 Å². The zero-order chi connectivity index (χ0) is 28.6. The molecule has 14 nitrogen and oxygen atoms in total. The number of hydrogen-bond acceptors (Lipinski definition) is 10. The van der Waals surface area contributed by atoms with E-state index in [1.165, 1.54) is 17.0 Å². The van der Waals surface area contributed by atoms with E-state index in [1.807, 2.05) is 11.0 Å². The van der Waals surface area contributed by atoms with Crippen LogP contribution in [0.2, 0.25) is 5.28 Å². The maximum atomic E-state index is 14.3. The zero-order valence-electron chi connectivity index (χ0n) is 20.6. The molecule has 3 unspecified atom stereocenters. The van der Waals surface area contributed by atoms with Crippen LogP contribution in [0.3, 0.4) is 0 Å². The number of rotatable bonds is 7. The molecule has 4 heterocycles. The van der Waals surface area contributed by atoms with Crippen LogP contribution in [0, 0.1) is 11.2 Å². The van der Waals surface area contributed by atoms with E-state index in [2.05, 4.69) is 15.0 Å². The van der Waals surface area contributed by atoms with Crippen LogP contribution in [-0.2, 0) is 31.2 Å². The summed E-state index contributed by atoms with van der Waals surface area (Å²) >= 11 is 6.24. The summed E-state index contributed by atoms with van der Waals surface area (Å²) in [5.74, 6) is -1.16. The number of fused-ring (bicyclic) bond motifs is 2. The Hall–Kier alpha value is -2.03. The lowest BCUT2D eigenvalue weighted by atomic mass is 9.77.